The van der Waals surface area contributed by atoms with Gasteiger partial charge in [-0.25, -0.2) is 14.6 Å². The molecule has 0 radical (unpaired) electrons. The molecular weight excluding hydrogens is 330 g/mol. The van der Waals surface area contributed by atoms with E-state index in [4.69, 9.17) is 0 Å². The van der Waals surface area contributed by atoms with E-state index >= 15 is 0 Å². The number of hydrogen-bond donors (Lipinski definition) is 0. The van der Waals surface area contributed by atoms with E-state index in [0.29, 0.717) is 0 Å². The molecule has 9 nitrogen and oxygen atoms in total. The quantitative estimate of drug-likeness (QED) is 0.684. The van der Waals surface area contributed by atoms with Crippen LogP contribution in [-0.4, -0.2) is 65.8 Å². The molecule has 4 heterocycles. The first-order valence-electron chi connectivity index (χ1n) is 8.77. The van der Waals surface area contributed by atoms with Crippen LogP contribution in [0.1, 0.15) is 17.1 Å². The number of anilines is 1. The van der Waals surface area contributed by atoms with Gasteiger partial charge in [0.05, 0.1) is 11.4 Å². The molecule has 0 N–H and O–H groups in total. The molecule has 0 aliphatic carbocycles. The first-order chi connectivity index (χ1) is 12.6. The van der Waals surface area contributed by atoms with Crippen LogP contribution in [0.4, 0.5) is 5.82 Å². The average molecular weight is 353 g/mol. The van der Waals surface area contributed by atoms with Crippen molar-refractivity contribution in [2.75, 3.05) is 31.1 Å². The lowest BCUT2D eigenvalue weighted by atomic mass is 10.3. The molecule has 0 atom stereocenters. The lowest BCUT2D eigenvalue weighted by Crippen LogP contribution is -2.46. The van der Waals surface area contributed by atoms with Crippen LogP contribution in [0.3, 0.4) is 0 Å². The molecule has 3 aromatic heterocycles. The molecule has 0 unspecified atom stereocenters. The average Bonchev–Trinajstić information content (AvgIpc) is 3.20. The van der Waals surface area contributed by atoms with E-state index in [2.05, 4.69) is 35.2 Å². The number of rotatable bonds is 4. The van der Waals surface area contributed by atoms with Gasteiger partial charge in [0.2, 0.25) is 0 Å². The number of aryl methyl sites for hydroxylation is 3. The van der Waals surface area contributed by atoms with E-state index in [9.17, 15) is 0 Å². The zero-order chi connectivity index (χ0) is 18.1. The molecule has 4 rings (SSSR count). The SMILES string of the molecule is Cc1cc(C)n(-c2cc(N3CCN(Cc4cn(C)nn4)CC3)ncn2)n1. The highest BCUT2D eigenvalue weighted by Crippen LogP contribution is 2.17. The summed E-state index contributed by atoms with van der Waals surface area (Å²) in [4.78, 5) is 13.5. The predicted molar refractivity (Wildman–Crippen MR) is 97.1 cm³/mol. The largest absolute Gasteiger partial charge is 0.354 e. The van der Waals surface area contributed by atoms with E-state index in [0.717, 1.165) is 61.4 Å². The van der Waals surface area contributed by atoms with Gasteiger partial charge < -0.3 is 4.90 Å². The normalized spacial score (nSPS) is 15.6. The Balaban J connectivity index is 1.43. The predicted octanol–water partition coefficient (Wildman–Crippen LogP) is 0.730. The number of nitrogens with zero attached hydrogens (tertiary/aromatic N) is 9. The first kappa shape index (κ1) is 16.6. The third kappa shape index (κ3) is 3.43. The van der Waals surface area contributed by atoms with Crippen molar-refractivity contribution in [1.29, 1.82) is 0 Å². The summed E-state index contributed by atoms with van der Waals surface area (Å²) in [5, 5.41) is 12.7. The highest BCUT2D eigenvalue weighted by atomic mass is 15.4. The summed E-state index contributed by atoms with van der Waals surface area (Å²) >= 11 is 0. The molecule has 0 spiro atoms. The Kier molecular flexibility index (Phi) is 4.37. The summed E-state index contributed by atoms with van der Waals surface area (Å²) in [6.45, 7) is 8.64. The smallest absolute Gasteiger partial charge is 0.159 e. The molecule has 9 heteroatoms. The maximum Gasteiger partial charge on any atom is 0.159 e. The summed E-state index contributed by atoms with van der Waals surface area (Å²) in [6, 6.07) is 4.06. The third-order valence-electron chi connectivity index (χ3n) is 4.60. The molecule has 0 bridgehead atoms. The van der Waals surface area contributed by atoms with Gasteiger partial charge in [0.15, 0.2) is 5.82 Å². The molecule has 26 heavy (non-hydrogen) atoms. The molecule has 1 aliphatic rings. The monoisotopic (exact) mass is 353 g/mol. The molecule has 1 fully saturated rings. The fourth-order valence-corrected chi connectivity index (χ4v) is 3.32. The van der Waals surface area contributed by atoms with Gasteiger partial charge in [-0.05, 0) is 19.9 Å². The Labute approximate surface area is 152 Å². The maximum atomic E-state index is 4.51. The number of hydrogen-bond acceptors (Lipinski definition) is 7. The Morgan fingerprint density at radius 1 is 1.00 bits per heavy atom. The van der Waals surface area contributed by atoms with Gasteiger partial charge in [-0.1, -0.05) is 5.21 Å². The zero-order valence-corrected chi connectivity index (χ0v) is 15.4. The van der Waals surface area contributed by atoms with E-state index < -0.39 is 0 Å². The van der Waals surface area contributed by atoms with Crippen LogP contribution < -0.4 is 4.90 Å². The third-order valence-corrected chi connectivity index (χ3v) is 4.60. The minimum Gasteiger partial charge on any atom is -0.354 e. The molecule has 1 aliphatic heterocycles. The fourth-order valence-electron chi connectivity index (χ4n) is 3.32. The molecule has 1 saturated heterocycles. The highest BCUT2D eigenvalue weighted by molar-refractivity contribution is 5.44. The van der Waals surface area contributed by atoms with Gasteiger partial charge in [0.25, 0.3) is 0 Å². The summed E-state index contributed by atoms with van der Waals surface area (Å²) in [5.74, 6) is 1.75. The molecular formula is C17H23N9. The van der Waals surface area contributed by atoms with Crippen molar-refractivity contribution in [3.63, 3.8) is 0 Å². The van der Waals surface area contributed by atoms with E-state index in [1.54, 1.807) is 11.0 Å². The lowest BCUT2D eigenvalue weighted by molar-refractivity contribution is 0.246. The minimum atomic E-state index is 0.808. The minimum absolute atomic E-state index is 0.808. The topological polar surface area (TPSA) is 80.8 Å². The molecule has 0 amide bonds. The summed E-state index contributed by atoms with van der Waals surface area (Å²) in [5.41, 5.74) is 3.07. The van der Waals surface area contributed by atoms with Crippen LogP contribution in [0.25, 0.3) is 5.82 Å². The van der Waals surface area contributed by atoms with Crippen molar-refractivity contribution < 1.29 is 0 Å². The molecule has 136 valence electrons. The first-order valence-corrected chi connectivity index (χ1v) is 8.77. The van der Waals surface area contributed by atoms with Crippen LogP contribution in [0.15, 0.2) is 24.7 Å². The van der Waals surface area contributed by atoms with Crippen molar-refractivity contribution in [1.82, 2.24) is 39.6 Å². The van der Waals surface area contributed by atoms with Crippen molar-refractivity contribution in [2.24, 2.45) is 7.05 Å². The number of piperazine rings is 1. The molecule has 0 saturated carbocycles. The Hall–Kier alpha value is -2.81. The van der Waals surface area contributed by atoms with Crippen LogP contribution in [-0.2, 0) is 13.6 Å². The van der Waals surface area contributed by atoms with Gasteiger partial charge >= 0.3 is 0 Å². The van der Waals surface area contributed by atoms with Crippen molar-refractivity contribution >= 4 is 5.82 Å². The van der Waals surface area contributed by atoms with E-state index in [-0.39, 0.29) is 0 Å². The molecule has 0 aromatic carbocycles. The summed E-state index contributed by atoms with van der Waals surface area (Å²) in [7, 11) is 1.89. The van der Waals surface area contributed by atoms with Gasteiger partial charge in [0.1, 0.15) is 12.1 Å². The summed E-state index contributed by atoms with van der Waals surface area (Å²) in [6.07, 6.45) is 3.59. The van der Waals surface area contributed by atoms with Gasteiger partial charge in [0, 0.05) is 57.7 Å². The van der Waals surface area contributed by atoms with E-state index in [1.165, 1.54) is 0 Å². The molecule has 3 aromatic rings. The van der Waals surface area contributed by atoms with Gasteiger partial charge in [-0.15, -0.1) is 5.10 Å². The maximum absolute atomic E-state index is 4.51. The second-order valence-corrected chi connectivity index (χ2v) is 6.72. The Bertz CT molecular complexity index is 889. The van der Waals surface area contributed by atoms with Crippen molar-refractivity contribution in [2.45, 2.75) is 20.4 Å². The van der Waals surface area contributed by atoms with E-state index in [1.807, 2.05) is 43.9 Å². The highest BCUT2D eigenvalue weighted by Gasteiger charge is 2.20. The van der Waals surface area contributed by atoms with Crippen LogP contribution in [0.5, 0.6) is 0 Å². The standard InChI is InChI=1S/C17H23N9/c1-13-8-14(2)26(21-13)17-9-16(18-12-19-17)25-6-4-24(5-7-25)11-15-10-23(3)22-20-15/h8-10,12H,4-7,11H2,1-3H3. The van der Waals surface area contributed by atoms with Gasteiger partial charge in [-0.3, -0.25) is 9.58 Å². The Morgan fingerprint density at radius 3 is 2.42 bits per heavy atom. The second kappa shape index (κ2) is 6.83. The van der Waals surface area contributed by atoms with Crippen LogP contribution in [0, 0.1) is 13.8 Å². The second-order valence-electron chi connectivity index (χ2n) is 6.72. The van der Waals surface area contributed by atoms with Crippen molar-refractivity contribution in [3.05, 3.63) is 41.7 Å². The van der Waals surface area contributed by atoms with Crippen LogP contribution >= 0.6 is 0 Å². The van der Waals surface area contributed by atoms with Crippen molar-refractivity contribution in [3.8, 4) is 5.82 Å². The zero-order valence-electron chi connectivity index (χ0n) is 15.4. The fraction of sp³-hybridized carbons (Fsp3) is 0.471. The van der Waals surface area contributed by atoms with Gasteiger partial charge in [-0.2, -0.15) is 5.10 Å². The van der Waals surface area contributed by atoms with Crippen LogP contribution in [0.2, 0.25) is 0 Å². The Morgan fingerprint density at radius 2 is 1.77 bits per heavy atom. The summed E-state index contributed by atoms with van der Waals surface area (Å²) < 4.78 is 3.61. The number of aromatic nitrogens is 7. The lowest BCUT2D eigenvalue weighted by Gasteiger charge is -2.35.